The van der Waals surface area contributed by atoms with Gasteiger partial charge in [-0.2, -0.15) is 0 Å². The van der Waals surface area contributed by atoms with Crippen molar-refractivity contribution in [2.75, 3.05) is 24.7 Å². The number of carbonyl (C=O) groups is 1. The van der Waals surface area contributed by atoms with Crippen molar-refractivity contribution in [3.8, 4) is 0 Å². The van der Waals surface area contributed by atoms with E-state index in [1.165, 1.54) is 0 Å². The average molecular weight is 348 g/mol. The maximum atomic E-state index is 12.0. The zero-order valence-electron chi connectivity index (χ0n) is 12.1. The van der Waals surface area contributed by atoms with Crippen molar-refractivity contribution in [2.45, 2.75) is 6.54 Å². The van der Waals surface area contributed by atoms with E-state index in [1.54, 1.807) is 19.2 Å². The fraction of sp³-hybridized carbons (Fsp3) is 0.188. The van der Waals surface area contributed by atoms with Crippen LogP contribution in [-0.2, 0) is 6.54 Å². The predicted octanol–water partition coefficient (Wildman–Crippen LogP) is 3.03. The molecular formula is C16H18BrN3O. The van der Waals surface area contributed by atoms with E-state index in [-0.39, 0.29) is 5.91 Å². The number of halogens is 1. The summed E-state index contributed by atoms with van der Waals surface area (Å²) in [6, 6.07) is 13.3. The van der Waals surface area contributed by atoms with Crippen LogP contribution in [0.5, 0.6) is 0 Å². The summed E-state index contributed by atoms with van der Waals surface area (Å²) in [6.45, 7) is 0.675. The van der Waals surface area contributed by atoms with Crippen LogP contribution in [-0.4, -0.2) is 20.0 Å². The Kier molecular flexibility index (Phi) is 4.85. The van der Waals surface area contributed by atoms with Crippen molar-refractivity contribution in [1.29, 1.82) is 0 Å². The van der Waals surface area contributed by atoms with Crippen molar-refractivity contribution in [3.63, 3.8) is 0 Å². The molecule has 2 aromatic rings. The Labute approximate surface area is 133 Å². The van der Waals surface area contributed by atoms with E-state index < -0.39 is 0 Å². The predicted molar refractivity (Wildman–Crippen MR) is 90.5 cm³/mol. The summed E-state index contributed by atoms with van der Waals surface area (Å²) in [5.74, 6) is -0.121. The number of nitrogens with one attached hydrogen (secondary N) is 1. The molecule has 0 atom stereocenters. The lowest BCUT2D eigenvalue weighted by molar-refractivity contribution is 0.0963. The first-order valence-corrected chi connectivity index (χ1v) is 7.38. The lowest BCUT2D eigenvalue weighted by Crippen LogP contribution is -2.24. The highest BCUT2D eigenvalue weighted by Crippen LogP contribution is 2.26. The van der Waals surface area contributed by atoms with Gasteiger partial charge in [0.1, 0.15) is 0 Å². The molecule has 0 aromatic heterocycles. The van der Waals surface area contributed by atoms with Crippen molar-refractivity contribution >= 4 is 33.2 Å². The molecule has 3 N–H and O–H groups in total. The minimum Gasteiger partial charge on any atom is -0.399 e. The van der Waals surface area contributed by atoms with E-state index in [0.29, 0.717) is 17.8 Å². The summed E-state index contributed by atoms with van der Waals surface area (Å²) < 4.78 is 1.04. The number of rotatable bonds is 4. The van der Waals surface area contributed by atoms with Crippen LogP contribution in [0.25, 0.3) is 0 Å². The van der Waals surface area contributed by atoms with Gasteiger partial charge in [0.25, 0.3) is 5.91 Å². The van der Waals surface area contributed by atoms with Crippen LogP contribution in [0.3, 0.4) is 0 Å². The number of nitrogens with zero attached hydrogens (tertiary/aromatic N) is 1. The van der Waals surface area contributed by atoms with Gasteiger partial charge in [-0.15, -0.1) is 0 Å². The molecule has 0 spiro atoms. The van der Waals surface area contributed by atoms with E-state index >= 15 is 0 Å². The average Bonchev–Trinajstić information content (AvgIpc) is 2.48. The third-order valence-corrected chi connectivity index (χ3v) is 4.04. The molecule has 0 fully saturated rings. The van der Waals surface area contributed by atoms with Gasteiger partial charge in [-0.25, -0.2) is 0 Å². The van der Waals surface area contributed by atoms with Gasteiger partial charge in [0.15, 0.2) is 0 Å². The monoisotopic (exact) mass is 347 g/mol. The first-order chi connectivity index (χ1) is 10.0. The molecule has 0 saturated heterocycles. The summed E-state index contributed by atoms with van der Waals surface area (Å²) in [6.07, 6.45) is 0. The quantitative estimate of drug-likeness (QED) is 0.835. The van der Waals surface area contributed by atoms with Crippen LogP contribution in [0.15, 0.2) is 46.9 Å². The summed E-state index contributed by atoms with van der Waals surface area (Å²) in [5.41, 5.74) is 9.06. The number of nitrogen functional groups attached to an aromatic ring is 1. The zero-order chi connectivity index (χ0) is 15.4. The van der Waals surface area contributed by atoms with Gasteiger partial charge in [-0.05, 0) is 29.8 Å². The summed E-state index contributed by atoms with van der Waals surface area (Å²) in [5, 5.41) is 2.66. The van der Waals surface area contributed by atoms with Gasteiger partial charge in [0.05, 0.1) is 11.3 Å². The molecule has 1 amide bonds. The molecule has 0 aliphatic heterocycles. The largest absolute Gasteiger partial charge is 0.399 e. The number of anilines is 2. The van der Waals surface area contributed by atoms with Crippen LogP contribution in [0.1, 0.15) is 15.9 Å². The van der Waals surface area contributed by atoms with Crippen LogP contribution >= 0.6 is 15.9 Å². The molecule has 21 heavy (non-hydrogen) atoms. The topological polar surface area (TPSA) is 58.4 Å². The molecule has 0 saturated carbocycles. The zero-order valence-corrected chi connectivity index (χ0v) is 13.6. The first-order valence-electron chi connectivity index (χ1n) is 6.59. The van der Waals surface area contributed by atoms with E-state index in [4.69, 9.17) is 5.73 Å². The lowest BCUT2D eigenvalue weighted by Gasteiger charge is -2.23. The fourth-order valence-corrected chi connectivity index (χ4v) is 2.57. The van der Waals surface area contributed by atoms with Gasteiger partial charge in [-0.1, -0.05) is 34.1 Å². The minimum atomic E-state index is -0.121. The van der Waals surface area contributed by atoms with E-state index in [9.17, 15) is 4.79 Å². The standard InChI is InChI=1S/C16H18BrN3O/c1-19-16(21)13-8-7-12(18)9-15(13)20(2)10-11-5-3-4-6-14(11)17/h3-9H,10,18H2,1-2H3,(H,19,21). The van der Waals surface area contributed by atoms with E-state index in [1.807, 2.05) is 42.3 Å². The number of hydrogen-bond acceptors (Lipinski definition) is 3. The minimum absolute atomic E-state index is 0.121. The SMILES string of the molecule is CNC(=O)c1ccc(N)cc1N(C)Cc1ccccc1Br. The molecule has 0 aliphatic carbocycles. The third-order valence-electron chi connectivity index (χ3n) is 3.27. The van der Waals surface area contributed by atoms with Crippen molar-refractivity contribution in [1.82, 2.24) is 5.32 Å². The second-order valence-corrected chi connectivity index (χ2v) is 5.66. The second-order valence-electron chi connectivity index (χ2n) is 4.80. The van der Waals surface area contributed by atoms with E-state index in [0.717, 1.165) is 15.7 Å². The molecular weight excluding hydrogens is 330 g/mol. The molecule has 110 valence electrons. The van der Waals surface area contributed by atoms with Crippen molar-refractivity contribution < 1.29 is 4.79 Å². The van der Waals surface area contributed by atoms with Crippen LogP contribution in [0.4, 0.5) is 11.4 Å². The molecule has 0 bridgehead atoms. The number of carbonyl (C=O) groups excluding carboxylic acids is 1. The van der Waals surface area contributed by atoms with Gasteiger partial charge in [-0.3, -0.25) is 4.79 Å². The Morgan fingerprint density at radius 1 is 1.29 bits per heavy atom. The molecule has 0 heterocycles. The first kappa shape index (κ1) is 15.4. The summed E-state index contributed by atoms with van der Waals surface area (Å²) in [7, 11) is 3.57. The lowest BCUT2D eigenvalue weighted by atomic mass is 10.1. The Bertz CT molecular complexity index is 658. The summed E-state index contributed by atoms with van der Waals surface area (Å²) in [4.78, 5) is 14.0. The molecule has 2 aromatic carbocycles. The van der Waals surface area contributed by atoms with E-state index in [2.05, 4.69) is 21.2 Å². The van der Waals surface area contributed by atoms with Crippen molar-refractivity contribution in [3.05, 3.63) is 58.1 Å². The maximum absolute atomic E-state index is 12.0. The number of hydrogen-bond donors (Lipinski definition) is 2. The Morgan fingerprint density at radius 2 is 2.00 bits per heavy atom. The van der Waals surface area contributed by atoms with Gasteiger partial charge in [0.2, 0.25) is 0 Å². The Morgan fingerprint density at radius 3 is 2.67 bits per heavy atom. The molecule has 0 radical (unpaired) electrons. The molecule has 0 aliphatic rings. The van der Waals surface area contributed by atoms with Crippen LogP contribution < -0.4 is 16.0 Å². The number of amides is 1. The molecule has 5 heteroatoms. The van der Waals surface area contributed by atoms with Gasteiger partial charge < -0.3 is 16.0 Å². The highest BCUT2D eigenvalue weighted by molar-refractivity contribution is 9.10. The third kappa shape index (κ3) is 3.55. The Hall–Kier alpha value is -2.01. The smallest absolute Gasteiger partial charge is 0.253 e. The van der Waals surface area contributed by atoms with Crippen molar-refractivity contribution in [2.24, 2.45) is 0 Å². The van der Waals surface area contributed by atoms with Gasteiger partial charge >= 0.3 is 0 Å². The number of nitrogens with two attached hydrogens (primary N) is 1. The van der Waals surface area contributed by atoms with Crippen LogP contribution in [0, 0.1) is 0 Å². The van der Waals surface area contributed by atoms with Crippen LogP contribution in [0.2, 0.25) is 0 Å². The molecule has 2 rings (SSSR count). The fourth-order valence-electron chi connectivity index (χ4n) is 2.16. The van der Waals surface area contributed by atoms with Gasteiger partial charge in [0, 0.05) is 30.8 Å². The molecule has 4 nitrogen and oxygen atoms in total. The highest BCUT2D eigenvalue weighted by Gasteiger charge is 2.14. The normalized spacial score (nSPS) is 10.2. The summed E-state index contributed by atoms with van der Waals surface area (Å²) >= 11 is 3.54. The maximum Gasteiger partial charge on any atom is 0.253 e. The Balaban J connectivity index is 2.34. The second kappa shape index (κ2) is 6.63. The molecule has 0 unspecified atom stereocenters. The number of benzene rings is 2. The highest BCUT2D eigenvalue weighted by atomic mass is 79.9.